The van der Waals surface area contributed by atoms with E-state index in [1.807, 2.05) is 80.8 Å². The van der Waals surface area contributed by atoms with Gasteiger partial charge in [0.1, 0.15) is 42.9 Å². The molecule has 0 amide bonds. The van der Waals surface area contributed by atoms with Gasteiger partial charge in [-0.25, -0.2) is 0 Å². The van der Waals surface area contributed by atoms with Gasteiger partial charge >= 0.3 is 0 Å². The Morgan fingerprint density at radius 1 is 0.925 bits per heavy atom. The molecule has 0 spiro atoms. The number of allylic oxidation sites excluding steroid dienone is 1. The van der Waals surface area contributed by atoms with E-state index in [1.54, 1.807) is 12.1 Å². The van der Waals surface area contributed by atoms with E-state index in [4.69, 9.17) is 21.1 Å². The maximum atomic E-state index is 10.8. The Morgan fingerprint density at radius 3 is 2.27 bits per heavy atom. The van der Waals surface area contributed by atoms with Gasteiger partial charge in [-0.05, 0) is 60.5 Å². The largest absolute Gasteiger partial charge is 0.492 e. The maximum Gasteiger partial charge on any atom is 0.119 e. The number of alkyl halides is 1. The van der Waals surface area contributed by atoms with Crippen LogP contribution >= 0.6 is 11.6 Å². The van der Waals surface area contributed by atoms with Crippen molar-refractivity contribution >= 4 is 23.3 Å². The van der Waals surface area contributed by atoms with Crippen LogP contribution in [0, 0.1) is 0 Å². The van der Waals surface area contributed by atoms with E-state index in [9.17, 15) is 20.4 Å². The van der Waals surface area contributed by atoms with Crippen LogP contribution in [0.4, 0.5) is 0 Å². The van der Waals surface area contributed by atoms with Crippen molar-refractivity contribution in [1.29, 1.82) is 0 Å². The Morgan fingerprint density at radius 2 is 1.60 bits per heavy atom. The van der Waals surface area contributed by atoms with Crippen molar-refractivity contribution in [2.24, 2.45) is 0 Å². The summed E-state index contributed by atoms with van der Waals surface area (Å²) in [6.45, 7) is 0.953. The van der Waals surface area contributed by atoms with Crippen LogP contribution in [0.25, 0.3) is 11.6 Å². The van der Waals surface area contributed by atoms with Crippen molar-refractivity contribution in [3.63, 3.8) is 0 Å². The first-order chi connectivity index (χ1) is 19.3. The van der Waals surface area contributed by atoms with Gasteiger partial charge < -0.3 is 34.8 Å². The first kappa shape index (κ1) is 30.2. The SMILES string of the molecule is CN(C)CCOc1ccc(C=C(CC(Cl)c2ccccc2[C@@H]2O[C@H](CO)[C@@H](O)[C@H](O)[C@H]2O)c2ccccc2)cc1. The van der Waals surface area contributed by atoms with Gasteiger partial charge in [-0.3, -0.25) is 0 Å². The van der Waals surface area contributed by atoms with Gasteiger partial charge in [-0.15, -0.1) is 11.6 Å². The van der Waals surface area contributed by atoms with E-state index < -0.39 is 42.5 Å². The molecule has 0 saturated carbocycles. The molecule has 0 aliphatic carbocycles. The molecule has 7 nitrogen and oxygen atoms in total. The summed E-state index contributed by atoms with van der Waals surface area (Å²) in [6, 6.07) is 25.3. The molecule has 1 heterocycles. The van der Waals surface area contributed by atoms with E-state index >= 15 is 0 Å². The lowest BCUT2D eigenvalue weighted by atomic mass is 9.87. The first-order valence-electron chi connectivity index (χ1n) is 13.5. The van der Waals surface area contributed by atoms with Crippen LogP contribution in [0.1, 0.15) is 40.2 Å². The highest BCUT2D eigenvalue weighted by atomic mass is 35.5. The van der Waals surface area contributed by atoms with Crippen molar-refractivity contribution in [1.82, 2.24) is 4.90 Å². The average molecular weight is 568 g/mol. The first-order valence-corrected chi connectivity index (χ1v) is 13.9. The Bertz CT molecular complexity index is 1230. The fourth-order valence-corrected chi connectivity index (χ4v) is 5.20. The Kier molecular flexibility index (Phi) is 10.8. The third kappa shape index (κ3) is 7.50. The molecule has 3 aromatic carbocycles. The van der Waals surface area contributed by atoms with E-state index in [2.05, 4.69) is 11.0 Å². The van der Waals surface area contributed by atoms with Crippen LogP contribution in [-0.2, 0) is 4.74 Å². The quantitative estimate of drug-likeness (QED) is 0.205. The number of aliphatic hydroxyl groups is 4. The van der Waals surface area contributed by atoms with Gasteiger partial charge in [0.05, 0.1) is 12.0 Å². The normalized spacial score (nSPS) is 24.2. The Labute approximate surface area is 240 Å². The number of halogens is 1. The Balaban J connectivity index is 1.59. The Hall–Kier alpha value is -2.75. The molecule has 1 aliphatic heterocycles. The van der Waals surface area contributed by atoms with Crippen molar-refractivity contribution < 1.29 is 29.9 Å². The summed E-state index contributed by atoms with van der Waals surface area (Å²) < 4.78 is 11.7. The van der Waals surface area contributed by atoms with Crippen LogP contribution in [0.15, 0.2) is 78.9 Å². The highest BCUT2D eigenvalue weighted by molar-refractivity contribution is 6.21. The van der Waals surface area contributed by atoms with Crippen LogP contribution < -0.4 is 4.74 Å². The standard InChI is InChI=1S/C32H38ClNO6/c1-34(2)16-17-39-24-14-12-21(13-15-24)18-23(22-8-4-3-5-9-22)19-27(33)25-10-6-7-11-26(25)32-31(38)30(37)29(36)28(20-35)40-32/h3-15,18,27-32,35-38H,16-17,19-20H2,1-2H3/t27?,28-,29-,30+,31-,32+/m1/s1. The predicted octanol–water partition coefficient (Wildman–Crippen LogP) is 4.05. The molecular formula is C32H38ClNO6. The zero-order chi connectivity index (χ0) is 28.6. The number of hydrogen-bond donors (Lipinski definition) is 4. The number of likely N-dealkylation sites (N-methyl/N-ethyl adjacent to an activating group) is 1. The smallest absolute Gasteiger partial charge is 0.119 e. The predicted molar refractivity (Wildman–Crippen MR) is 157 cm³/mol. The minimum Gasteiger partial charge on any atom is -0.492 e. The third-order valence-corrected chi connectivity index (χ3v) is 7.49. The second-order valence-corrected chi connectivity index (χ2v) is 10.8. The second kappa shape index (κ2) is 14.2. The summed E-state index contributed by atoms with van der Waals surface area (Å²) in [7, 11) is 4.02. The van der Waals surface area contributed by atoms with E-state index in [1.165, 1.54) is 0 Å². The fourth-order valence-electron chi connectivity index (χ4n) is 4.84. The summed E-state index contributed by atoms with van der Waals surface area (Å²) in [4.78, 5) is 2.07. The molecule has 6 atom stereocenters. The number of rotatable bonds is 11. The van der Waals surface area contributed by atoms with Gasteiger partial charge in [0, 0.05) is 6.54 Å². The molecule has 1 aliphatic rings. The van der Waals surface area contributed by atoms with Crippen molar-refractivity contribution in [2.75, 3.05) is 33.9 Å². The molecule has 0 aromatic heterocycles. The molecule has 0 bridgehead atoms. The average Bonchev–Trinajstić information content (AvgIpc) is 2.97. The molecule has 4 rings (SSSR count). The van der Waals surface area contributed by atoms with Gasteiger partial charge in [0.25, 0.3) is 0 Å². The van der Waals surface area contributed by atoms with Crippen LogP contribution in [0.5, 0.6) is 5.75 Å². The molecule has 1 saturated heterocycles. The van der Waals surface area contributed by atoms with Crippen LogP contribution in [0.2, 0.25) is 0 Å². The number of hydrogen-bond acceptors (Lipinski definition) is 7. The molecule has 40 heavy (non-hydrogen) atoms. The number of benzene rings is 3. The van der Waals surface area contributed by atoms with Crippen LogP contribution in [0.3, 0.4) is 0 Å². The van der Waals surface area contributed by atoms with Gasteiger partial charge in [0.15, 0.2) is 0 Å². The zero-order valence-corrected chi connectivity index (χ0v) is 23.6. The molecule has 4 N–H and O–H groups in total. The summed E-state index contributed by atoms with van der Waals surface area (Å²) in [5.41, 5.74) is 4.39. The molecule has 214 valence electrons. The van der Waals surface area contributed by atoms with Crippen molar-refractivity contribution in [3.05, 3.63) is 101 Å². The summed E-state index contributed by atoms with van der Waals surface area (Å²) in [5.74, 6) is 0.809. The number of ether oxygens (including phenoxy) is 2. The van der Waals surface area contributed by atoms with Gasteiger partial charge in [-0.1, -0.05) is 72.8 Å². The van der Waals surface area contributed by atoms with Gasteiger partial charge in [0.2, 0.25) is 0 Å². The molecule has 1 fully saturated rings. The molecular weight excluding hydrogens is 530 g/mol. The highest BCUT2D eigenvalue weighted by Crippen LogP contribution is 2.40. The lowest BCUT2D eigenvalue weighted by Gasteiger charge is -2.41. The second-order valence-electron chi connectivity index (χ2n) is 10.3. The lowest BCUT2D eigenvalue weighted by Crippen LogP contribution is -2.55. The monoisotopic (exact) mass is 567 g/mol. The summed E-state index contributed by atoms with van der Waals surface area (Å²) in [6.07, 6.45) is -3.66. The highest BCUT2D eigenvalue weighted by Gasteiger charge is 2.44. The van der Waals surface area contributed by atoms with E-state index in [-0.39, 0.29) is 0 Å². The number of nitrogens with zero attached hydrogens (tertiary/aromatic N) is 1. The maximum absolute atomic E-state index is 10.8. The minimum absolute atomic E-state index is 0.473. The fraction of sp³-hybridized carbons (Fsp3) is 0.375. The molecule has 1 unspecified atom stereocenters. The number of aliphatic hydroxyl groups excluding tert-OH is 4. The van der Waals surface area contributed by atoms with E-state index in [0.717, 1.165) is 34.6 Å². The van der Waals surface area contributed by atoms with Gasteiger partial charge in [-0.2, -0.15) is 0 Å². The lowest BCUT2D eigenvalue weighted by molar-refractivity contribution is -0.231. The summed E-state index contributed by atoms with van der Waals surface area (Å²) in [5, 5.41) is 40.5. The molecule has 8 heteroatoms. The zero-order valence-electron chi connectivity index (χ0n) is 22.8. The van der Waals surface area contributed by atoms with E-state index in [0.29, 0.717) is 18.6 Å². The van der Waals surface area contributed by atoms with Crippen molar-refractivity contribution in [3.8, 4) is 5.75 Å². The molecule has 0 radical (unpaired) electrons. The third-order valence-electron chi connectivity index (χ3n) is 7.10. The van der Waals surface area contributed by atoms with Crippen molar-refractivity contribution in [2.45, 2.75) is 42.3 Å². The minimum atomic E-state index is -1.47. The summed E-state index contributed by atoms with van der Waals surface area (Å²) >= 11 is 7.07. The van der Waals surface area contributed by atoms with Crippen LogP contribution in [-0.4, -0.2) is 83.6 Å². The molecule has 3 aromatic rings. The topological polar surface area (TPSA) is 103 Å².